The summed E-state index contributed by atoms with van der Waals surface area (Å²) in [5.74, 6) is 0.771. The van der Waals surface area contributed by atoms with Crippen LogP contribution in [0.15, 0.2) is 0 Å². The molecule has 0 bridgehead atoms. The van der Waals surface area contributed by atoms with Crippen LogP contribution in [0.4, 0.5) is 0 Å². The monoisotopic (exact) mass is 198 g/mol. The molecule has 1 N–H and O–H groups in total. The molecule has 2 fully saturated rings. The van der Waals surface area contributed by atoms with Gasteiger partial charge in [-0.3, -0.25) is 4.90 Å². The molecule has 2 rings (SSSR count). The third kappa shape index (κ3) is 2.10. The number of nitrogens with one attached hydrogen (secondary N) is 1. The van der Waals surface area contributed by atoms with Gasteiger partial charge < -0.3 is 10.1 Å². The predicted molar refractivity (Wildman–Crippen MR) is 57.4 cm³/mol. The minimum absolute atomic E-state index is 0.677. The first-order valence-corrected chi connectivity index (χ1v) is 5.77. The number of rotatable bonds is 3. The molecule has 0 aromatic heterocycles. The lowest BCUT2D eigenvalue weighted by Gasteiger charge is -2.27. The second kappa shape index (κ2) is 4.60. The SMILES string of the molecule is COCC1CCN(C2CCNC2C)C1. The fraction of sp³-hybridized carbons (Fsp3) is 1.00. The fourth-order valence-corrected chi connectivity index (χ4v) is 2.88. The van der Waals surface area contributed by atoms with Crippen molar-refractivity contribution in [1.82, 2.24) is 10.2 Å². The Morgan fingerprint density at radius 1 is 1.43 bits per heavy atom. The molecular weight excluding hydrogens is 176 g/mol. The average molecular weight is 198 g/mol. The Bertz CT molecular complexity index is 186. The van der Waals surface area contributed by atoms with Gasteiger partial charge in [0.1, 0.15) is 0 Å². The fourth-order valence-electron chi connectivity index (χ4n) is 2.88. The largest absolute Gasteiger partial charge is 0.384 e. The quantitative estimate of drug-likeness (QED) is 0.722. The minimum atomic E-state index is 0.677. The summed E-state index contributed by atoms with van der Waals surface area (Å²) >= 11 is 0. The van der Waals surface area contributed by atoms with E-state index >= 15 is 0 Å². The first-order valence-electron chi connectivity index (χ1n) is 5.77. The minimum Gasteiger partial charge on any atom is -0.384 e. The van der Waals surface area contributed by atoms with Crippen LogP contribution in [0.2, 0.25) is 0 Å². The molecule has 0 aromatic rings. The molecule has 3 nitrogen and oxygen atoms in total. The molecule has 0 aliphatic carbocycles. The van der Waals surface area contributed by atoms with Crippen molar-refractivity contribution < 1.29 is 4.74 Å². The van der Waals surface area contributed by atoms with Gasteiger partial charge in [-0.15, -0.1) is 0 Å². The maximum atomic E-state index is 5.22. The maximum absolute atomic E-state index is 5.22. The van der Waals surface area contributed by atoms with Crippen molar-refractivity contribution in [2.45, 2.75) is 31.8 Å². The number of methoxy groups -OCH3 is 1. The zero-order chi connectivity index (χ0) is 9.97. The molecule has 2 aliphatic rings. The van der Waals surface area contributed by atoms with Gasteiger partial charge in [-0.2, -0.15) is 0 Å². The van der Waals surface area contributed by atoms with Crippen molar-refractivity contribution in [2.75, 3.05) is 33.4 Å². The van der Waals surface area contributed by atoms with Crippen LogP contribution in [0, 0.1) is 5.92 Å². The van der Waals surface area contributed by atoms with Crippen molar-refractivity contribution in [1.29, 1.82) is 0 Å². The summed E-state index contributed by atoms with van der Waals surface area (Å²) < 4.78 is 5.22. The van der Waals surface area contributed by atoms with Crippen molar-refractivity contribution in [3.05, 3.63) is 0 Å². The van der Waals surface area contributed by atoms with Crippen LogP contribution in [0.3, 0.4) is 0 Å². The van der Waals surface area contributed by atoms with E-state index in [9.17, 15) is 0 Å². The van der Waals surface area contributed by atoms with Gasteiger partial charge in [-0.1, -0.05) is 0 Å². The highest BCUT2D eigenvalue weighted by Crippen LogP contribution is 2.23. The molecule has 82 valence electrons. The van der Waals surface area contributed by atoms with E-state index in [1.165, 1.54) is 32.5 Å². The number of hydrogen-bond acceptors (Lipinski definition) is 3. The lowest BCUT2D eigenvalue weighted by atomic mass is 10.1. The normalized spacial score (nSPS) is 39.4. The van der Waals surface area contributed by atoms with Gasteiger partial charge in [-0.25, -0.2) is 0 Å². The smallest absolute Gasteiger partial charge is 0.0503 e. The summed E-state index contributed by atoms with van der Waals surface area (Å²) in [6, 6.07) is 1.45. The van der Waals surface area contributed by atoms with Crippen LogP contribution in [-0.4, -0.2) is 50.3 Å². The van der Waals surface area contributed by atoms with Crippen LogP contribution in [0.5, 0.6) is 0 Å². The van der Waals surface area contributed by atoms with Gasteiger partial charge in [-0.05, 0) is 38.8 Å². The third-order valence-electron chi connectivity index (χ3n) is 3.67. The van der Waals surface area contributed by atoms with Gasteiger partial charge in [0.15, 0.2) is 0 Å². The van der Waals surface area contributed by atoms with Crippen molar-refractivity contribution >= 4 is 0 Å². The van der Waals surface area contributed by atoms with Crippen molar-refractivity contribution in [2.24, 2.45) is 5.92 Å². The second-order valence-electron chi connectivity index (χ2n) is 4.70. The Kier molecular flexibility index (Phi) is 3.42. The summed E-state index contributed by atoms with van der Waals surface area (Å²) in [5, 5.41) is 3.52. The molecule has 0 aromatic carbocycles. The van der Waals surface area contributed by atoms with E-state index in [0.29, 0.717) is 6.04 Å². The van der Waals surface area contributed by atoms with Gasteiger partial charge in [0.05, 0.1) is 6.61 Å². The topological polar surface area (TPSA) is 24.5 Å². The van der Waals surface area contributed by atoms with Gasteiger partial charge >= 0.3 is 0 Å². The first kappa shape index (κ1) is 10.4. The van der Waals surface area contributed by atoms with Gasteiger partial charge in [0.25, 0.3) is 0 Å². The van der Waals surface area contributed by atoms with Crippen LogP contribution >= 0.6 is 0 Å². The molecule has 2 aliphatic heterocycles. The van der Waals surface area contributed by atoms with Gasteiger partial charge in [0, 0.05) is 25.7 Å². The van der Waals surface area contributed by atoms with E-state index in [1.54, 1.807) is 0 Å². The predicted octanol–water partition coefficient (Wildman–Crippen LogP) is 0.705. The maximum Gasteiger partial charge on any atom is 0.0503 e. The molecule has 2 heterocycles. The van der Waals surface area contributed by atoms with E-state index in [-0.39, 0.29) is 0 Å². The summed E-state index contributed by atoms with van der Waals surface area (Å²) in [6.45, 7) is 6.94. The highest BCUT2D eigenvalue weighted by Gasteiger charge is 2.33. The molecule has 3 heteroatoms. The highest BCUT2D eigenvalue weighted by molar-refractivity contribution is 4.91. The summed E-state index contributed by atoms with van der Waals surface area (Å²) in [7, 11) is 1.81. The van der Waals surface area contributed by atoms with Gasteiger partial charge in [0.2, 0.25) is 0 Å². The molecule has 0 spiro atoms. The Balaban J connectivity index is 1.82. The van der Waals surface area contributed by atoms with Crippen molar-refractivity contribution in [3.8, 4) is 0 Å². The number of nitrogens with zero attached hydrogens (tertiary/aromatic N) is 1. The lowest BCUT2D eigenvalue weighted by Crippen LogP contribution is -2.41. The molecule has 3 unspecified atom stereocenters. The average Bonchev–Trinajstić information content (AvgIpc) is 2.74. The standard InChI is InChI=1S/C11H22N2O/c1-9-11(3-5-12-9)13-6-4-10(7-13)8-14-2/h9-12H,3-8H2,1-2H3. The second-order valence-corrected chi connectivity index (χ2v) is 4.70. The van der Waals surface area contributed by atoms with Crippen LogP contribution in [0.25, 0.3) is 0 Å². The Morgan fingerprint density at radius 3 is 2.93 bits per heavy atom. The zero-order valence-corrected chi connectivity index (χ0v) is 9.33. The molecule has 3 atom stereocenters. The van der Waals surface area contributed by atoms with Crippen LogP contribution in [0.1, 0.15) is 19.8 Å². The third-order valence-corrected chi connectivity index (χ3v) is 3.67. The Morgan fingerprint density at radius 2 is 2.29 bits per heavy atom. The number of hydrogen-bond donors (Lipinski definition) is 1. The molecular formula is C11H22N2O. The highest BCUT2D eigenvalue weighted by atomic mass is 16.5. The van der Waals surface area contributed by atoms with E-state index in [4.69, 9.17) is 4.74 Å². The zero-order valence-electron chi connectivity index (χ0n) is 9.33. The van der Waals surface area contributed by atoms with E-state index in [1.807, 2.05) is 7.11 Å². The molecule has 0 amide bonds. The van der Waals surface area contributed by atoms with Crippen molar-refractivity contribution in [3.63, 3.8) is 0 Å². The van der Waals surface area contributed by atoms with E-state index in [2.05, 4.69) is 17.1 Å². The lowest BCUT2D eigenvalue weighted by molar-refractivity contribution is 0.145. The number of ether oxygens (including phenoxy) is 1. The first-order chi connectivity index (χ1) is 6.81. The molecule has 14 heavy (non-hydrogen) atoms. The van der Waals surface area contributed by atoms with Crippen LogP contribution < -0.4 is 5.32 Å². The van der Waals surface area contributed by atoms with E-state index < -0.39 is 0 Å². The summed E-state index contributed by atoms with van der Waals surface area (Å²) in [4.78, 5) is 2.65. The van der Waals surface area contributed by atoms with E-state index in [0.717, 1.165) is 18.6 Å². The summed E-state index contributed by atoms with van der Waals surface area (Å²) in [5.41, 5.74) is 0. The Labute approximate surface area is 86.8 Å². The van der Waals surface area contributed by atoms with Crippen LogP contribution in [-0.2, 0) is 4.74 Å². The Hall–Kier alpha value is -0.120. The number of likely N-dealkylation sites (tertiary alicyclic amines) is 1. The molecule has 2 saturated heterocycles. The molecule has 0 radical (unpaired) electrons. The molecule has 0 saturated carbocycles. The summed E-state index contributed by atoms with van der Waals surface area (Å²) in [6.07, 6.45) is 2.64.